The molecule has 2 heterocycles. The van der Waals surface area contributed by atoms with E-state index in [-0.39, 0.29) is 22.8 Å². The summed E-state index contributed by atoms with van der Waals surface area (Å²) in [6.07, 6.45) is 1.67. The molecule has 4 aromatic rings. The van der Waals surface area contributed by atoms with E-state index in [2.05, 4.69) is 31.4 Å². The Hall–Kier alpha value is -3.99. The summed E-state index contributed by atoms with van der Waals surface area (Å²) in [6.45, 7) is 6.07. The zero-order chi connectivity index (χ0) is 24.4. The average Bonchev–Trinajstić information content (AvgIpc) is 3.34. The second kappa shape index (κ2) is 9.48. The fourth-order valence-corrected chi connectivity index (χ4v) is 3.63. The SMILES string of the molecule is Cc1cccc(Oc2cc(NC(=O)c3ccn(Cn4nc(C)c(Br)c4C)n3)cc([N+](=O)[O-])c2)c1. The summed E-state index contributed by atoms with van der Waals surface area (Å²) in [6, 6.07) is 13.0. The standard InChI is InChI=1S/C23H21BrN6O4/c1-14-5-4-6-19(9-14)34-20-11-17(10-18(12-20)30(32)33)25-23(31)21-7-8-28(27-21)13-29-16(3)22(24)15(2)26-29/h4-12H,13H2,1-3H3,(H,25,31). The molecule has 174 valence electrons. The predicted molar refractivity (Wildman–Crippen MR) is 129 cm³/mol. The Morgan fingerprint density at radius 3 is 2.59 bits per heavy atom. The van der Waals surface area contributed by atoms with Crippen LogP contribution in [0.3, 0.4) is 0 Å². The number of amides is 1. The smallest absolute Gasteiger partial charge is 0.276 e. The summed E-state index contributed by atoms with van der Waals surface area (Å²) in [4.78, 5) is 23.6. The lowest BCUT2D eigenvalue weighted by molar-refractivity contribution is -0.384. The minimum absolute atomic E-state index is 0.160. The lowest BCUT2D eigenvalue weighted by Crippen LogP contribution is -2.16. The molecule has 0 aliphatic carbocycles. The fraction of sp³-hybridized carbons (Fsp3) is 0.174. The molecule has 0 aliphatic heterocycles. The molecule has 0 radical (unpaired) electrons. The number of nitro groups is 1. The summed E-state index contributed by atoms with van der Waals surface area (Å²) in [5, 5.41) is 22.8. The van der Waals surface area contributed by atoms with Gasteiger partial charge in [0.05, 0.1) is 32.5 Å². The lowest BCUT2D eigenvalue weighted by Gasteiger charge is -2.09. The van der Waals surface area contributed by atoms with Gasteiger partial charge in [0, 0.05) is 18.3 Å². The molecule has 2 aromatic carbocycles. The van der Waals surface area contributed by atoms with Gasteiger partial charge in [0.25, 0.3) is 11.6 Å². The Bertz CT molecular complexity index is 1390. The number of carbonyl (C=O) groups excluding carboxylic acids is 1. The Balaban J connectivity index is 1.52. The maximum atomic E-state index is 12.8. The third-order valence-corrected chi connectivity index (χ3v) is 6.18. The first-order valence-corrected chi connectivity index (χ1v) is 11.1. The molecular weight excluding hydrogens is 504 g/mol. The molecule has 0 saturated carbocycles. The monoisotopic (exact) mass is 524 g/mol. The van der Waals surface area contributed by atoms with E-state index >= 15 is 0 Å². The second-order valence-corrected chi connectivity index (χ2v) is 8.50. The van der Waals surface area contributed by atoms with E-state index in [1.165, 1.54) is 18.2 Å². The maximum Gasteiger partial charge on any atom is 0.276 e. The van der Waals surface area contributed by atoms with Crippen molar-refractivity contribution in [1.29, 1.82) is 0 Å². The van der Waals surface area contributed by atoms with Crippen molar-refractivity contribution in [2.24, 2.45) is 0 Å². The van der Waals surface area contributed by atoms with Crippen LogP contribution >= 0.6 is 15.9 Å². The van der Waals surface area contributed by atoms with Gasteiger partial charge in [0.15, 0.2) is 5.69 Å². The highest BCUT2D eigenvalue weighted by atomic mass is 79.9. The van der Waals surface area contributed by atoms with E-state index in [4.69, 9.17) is 4.74 Å². The number of ether oxygens (including phenoxy) is 1. The number of halogens is 1. The number of hydrogen-bond donors (Lipinski definition) is 1. The molecule has 34 heavy (non-hydrogen) atoms. The number of aryl methyl sites for hydroxylation is 2. The van der Waals surface area contributed by atoms with Gasteiger partial charge in [0.2, 0.25) is 0 Å². The zero-order valence-corrected chi connectivity index (χ0v) is 20.2. The molecule has 0 atom stereocenters. The maximum absolute atomic E-state index is 12.8. The molecule has 0 spiro atoms. The van der Waals surface area contributed by atoms with Gasteiger partial charge in [-0.1, -0.05) is 12.1 Å². The molecule has 1 N–H and O–H groups in total. The summed E-state index contributed by atoms with van der Waals surface area (Å²) in [5.41, 5.74) is 2.96. The van der Waals surface area contributed by atoms with E-state index in [1.807, 2.05) is 39.0 Å². The van der Waals surface area contributed by atoms with Gasteiger partial charge in [-0.25, -0.2) is 4.68 Å². The number of nitro benzene ring substituents is 1. The van der Waals surface area contributed by atoms with Crippen LogP contribution in [-0.4, -0.2) is 30.4 Å². The summed E-state index contributed by atoms with van der Waals surface area (Å²) in [7, 11) is 0. The van der Waals surface area contributed by atoms with Crippen molar-refractivity contribution in [1.82, 2.24) is 19.6 Å². The third kappa shape index (κ3) is 5.15. The largest absolute Gasteiger partial charge is 0.457 e. The highest BCUT2D eigenvalue weighted by molar-refractivity contribution is 9.10. The van der Waals surface area contributed by atoms with Crippen LogP contribution in [0.4, 0.5) is 11.4 Å². The number of hydrogen-bond acceptors (Lipinski definition) is 6. The third-order valence-electron chi connectivity index (χ3n) is 5.03. The molecule has 0 aliphatic rings. The van der Waals surface area contributed by atoms with Gasteiger partial charge in [-0.3, -0.25) is 19.6 Å². The van der Waals surface area contributed by atoms with E-state index < -0.39 is 10.8 Å². The number of nitrogens with one attached hydrogen (secondary N) is 1. The van der Waals surface area contributed by atoms with Crippen LogP contribution in [0.25, 0.3) is 0 Å². The van der Waals surface area contributed by atoms with Crippen LogP contribution in [0.2, 0.25) is 0 Å². The van der Waals surface area contributed by atoms with Gasteiger partial charge in [-0.05, 0) is 60.5 Å². The topological polar surface area (TPSA) is 117 Å². The number of benzene rings is 2. The molecule has 0 unspecified atom stereocenters. The van der Waals surface area contributed by atoms with Crippen molar-refractivity contribution < 1.29 is 14.5 Å². The fourth-order valence-electron chi connectivity index (χ4n) is 3.34. The molecule has 2 aromatic heterocycles. The first-order valence-electron chi connectivity index (χ1n) is 10.3. The van der Waals surface area contributed by atoms with Crippen LogP contribution in [0.1, 0.15) is 27.4 Å². The van der Waals surface area contributed by atoms with Gasteiger partial charge in [-0.15, -0.1) is 0 Å². The van der Waals surface area contributed by atoms with Crippen molar-refractivity contribution in [3.63, 3.8) is 0 Å². The number of nitrogens with zero attached hydrogens (tertiary/aromatic N) is 5. The van der Waals surface area contributed by atoms with Gasteiger partial charge >= 0.3 is 0 Å². The molecular formula is C23H21BrN6O4. The molecule has 10 nitrogen and oxygen atoms in total. The van der Waals surface area contributed by atoms with Crippen LogP contribution in [0, 0.1) is 30.9 Å². The van der Waals surface area contributed by atoms with E-state index in [0.29, 0.717) is 12.4 Å². The second-order valence-electron chi connectivity index (χ2n) is 7.71. The zero-order valence-electron chi connectivity index (χ0n) is 18.7. The van der Waals surface area contributed by atoms with Crippen LogP contribution < -0.4 is 10.1 Å². The summed E-state index contributed by atoms with van der Waals surface area (Å²) < 4.78 is 10.1. The Labute approximate surface area is 203 Å². The minimum atomic E-state index is -0.542. The first-order chi connectivity index (χ1) is 16.2. The first kappa shape index (κ1) is 23.2. The normalized spacial score (nSPS) is 10.8. The number of rotatable bonds is 7. The summed E-state index contributed by atoms with van der Waals surface area (Å²) in [5.74, 6) is 0.262. The molecule has 4 rings (SSSR count). The molecule has 0 saturated heterocycles. The number of carbonyl (C=O) groups is 1. The van der Waals surface area contributed by atoms with Crippen LogP contribution in [0.15, 0.2) is 59.2 Å². The van der Waals surface area contributed by atoms with E-state index in [9.17, 15) is 14.9 Å². The lowest BCUT2D eigenvalue weighted by atomic mass is 10.2. The number of aromatic nitrogens is 4. The van der Waals surface area contributed by atoms with Gasteiger partial charge in [-0.2, -0.15) is 10.2 Å². The van der Waals surface area contributed by atoms with Crippen molar-refractivity contribution in [3.05, 3.63) is 92.0 Å². The highest BCUT2D eigenvalue weighted by Crippen LogP contribution is 2.30. The van der Waals surface area contributed by atoms with Crippen molar-refractivity contribution in [3.8, 4) is 11.5 Å². The quantitative estimate of drug-likeness (QED) is 0.261. The number of anilines is 1. The predicted octanol–water partition coefficient (Wildman–Crippen LogP) is 5.23. The Kier molecular flexibility index (Phi) is 6.46. The Morgan fingerprint density at radius 1 is 1.12 bits per heavy atom. The molecule has 0 fully saturated rings. The van der Waals surface area contributed by atoms with Crippen molar-refractivity contribution in [2.75, 3.05) is 5.32 Å². The van der Waals surface area contributed by atoms with Crippen LogP contribution in [-0.2, 0) is 6.67 Å². The van der Waals surface area contributed by atoms with Crippen LogP contribution in [0.5, 0.6) is 11.5 Å². The Morgan fingerprint density at radius 2 is 1.91 bits per heavy atom. The molecule has 1 amide bonds. The van der Waals surface area contributed by atoms with E-state index in [1.54, 1.807) is 27.7 Å². The average molecular weight is 525 g/mol. The highest BCUT2D eigenvalue weighted by Gasteiger charge is 2.16. The molecule has 0 bridgehead atoms. The van der Waals surface area contributed by atoms with Gasteiger partial charge < -0.3 is 10.1 Å². The van der Waals surface area contributed by atoms with Gasteiger partial charge in [0.1, 0.15) is 18.2 Å². The number of non-ortho nitro benzene ring substituents is 1. The van der Waals surface area contributed by atoms with Crippen molar-refractivity contribution >= 4 is 33.2 Å². The van der Waals surface area contributed by atoms with E-state index in [0.717, 1.165) is 21.4 Å². The summed E-state index contributed by atoms with van der Waals surface area (Å²) >= 11 is 3.49. The molecule has 11 heteroatoms. The minimum Gasteiger partial charge on any atom is -0.457 e. The van der Waals surface area contributed by atoms with Crippen molar-refractivity contribution in [2.45, 2.75) is 27.4 Å².